The van der Waals surface area contributed by atoms with Gasteiger partial charge in [-0.15, -0.1) is 0 Å². The lowest BCUT2D eigenvalue weighted by atomic mass is 10.1. The maximum atomic E-state index is 11.6. The molecule has 0 saturated carbocycles. The van der Waals surface area contributed by atoms with Crippen molar-refractivity contribution >= 4 is 5.91 Å². The number of rotatable bonds is 5. The molecule has 0 aliphatic carbocycles. The molecule has 3 N–H and O–H groups in total. The van der Waals surface area contributed by atoms with Gasteiger partial charge in [0.05, 0.1) is 0 Å². The van der Waals surface area contributed by atoms with Crippen molar-refractivity contribution in [1.29, 1.82) is 0 Å². The second-order valence-corrected chi connectivity index (χ2v) is 4.30. The first-order valence-electron chi connectivity index (χ1n) is 6.10. The molecule has 18 heavy (non-hydrogen) atoms. The molecule has 2 rings (SSSR count). The standard InChI is InChI=1S/C13H18N2O3/c1-2-10(14)6-12(16)15-7-9-4-3-5-11-13(9)18-8-17-11/h3-5,10H,2,6-8,14H2,1H3,(H,15,16). The van der Waals surface area contributed by atoms with E-state index < -0.39 is 0 Å². The summed E-state index contributed by atoms with van der Waals surface area (Å²) < 4.78 is 10.6. The number of amides is 1. The van der Waals surface area contributed by atoms with E-state index in [9.17, 15) is 4.79 Å². The van der Waals surface area contributed by atoms with E-state index in [-0.39, 0.29) is 18.7 Å². The van der Waals surface area contributed by atoms with Crippen LogP contribution in [0, 0.1) is 0 Å². The molecular weight excluding hydrogens is 232 g/mol. The normalized spacial score (nSPS) is 14.3. The van der Waals surface area contributed by atoms with Crippen LogP contribution in [0.25, 0.3) is 0 Å². The Morgan fingerprint density at radius 1 is 1.50 bits per heavy atom. The molecule has 98 valence electrons. The summed E-state index contributed by atoms with van der Waals surface area (Å²) in [6.45, 7) is 2.63. The maximum Gasteiger partial charge on any atom is 0.231 e. The van der Waals surface area contributed by atoms with E-state index in [4.69, 9.17) is 15.2 Å². The van der Waals surface area contributed by atoms with Crippen LogP contribution in [0.4, 0.5) is 0 Å². The van der Waals surface area contributed by atoms with Crippen molar-refractivity contribution < 1.29 is 14.3 Å². The number of fused-ring (bicyclic) bond motifs is 1. The van der Waals surface area contributed by atoms with Gasteiger partial charge in [-0.3, -0.25) is 4.79 Å². The van der Waals surface area contributed by atoms with Crippen LogP contribution in [0.3, 0.4) is 0 Å². The lowest BCUT2D eigenvalue weighted by molar-refractivity contribution is -0.121. The van der Waals surface area contributed by atoms with Crippen molar-refractivity contribution in [2.75, 3.05) is 6.79 Å². The predicted octanol–water partition coefficient (Wildman–Crippen LogP) is 1.16. The lowest BCUT2D eigenvalue weighted by Gasteiger charge is -2.10. The Morgan fingerprint density at radius 2 is 2.33 bits per heavy atom. The summed E-state index contributed by atoms with van der Waals surface area (Å²) in [5, 5.41) is 2.84. The van der Waals surface area contributed by atoms with Gasteiger partial charge in [0.15, 0.2) is 11.5 Å². The Balaban J connectivity index is 1.91. The number of carbonyl (C=O) groups is 1. The zero-order valence-electron chi connectivity index (χ0n) is 10.4. The number of para-hydroxylation sites is 1. The predicted molar refractivity (Wildman–Crippen MR) is 67.3 cm³/mol. The quantitative estimate of drug-likeness (QED) is 0.822. The molecule has 0 aromatic heterocycles. The molecule has 0 spiro atoms. The maximum absolute atomic E-state index is 11.6. The van der Waals surface area contributed by atoms with E-state index >= 15 is 0 Å². The van der Waals surface area contributed by atoms with Crippen LogP contribution in [0.5, 0.6) is 11.5 Å². The smallest absolute Gasteiger partial charge is 0.231 e. The largest absolute Gasteiger partial charge is 0.454 e. The molecule has 1 unspecified atom stereocenters. The summed E-state index contributed by atoms with van der Waals surface area (Å²) in [7, 11) is 0. The zero-order chi connectivity index (χ0) is 13.0. The Kier molecular flexibility index (Phi) is 4.04. The molecule has 0 radical (unpaired) electrons. The van der Waals surface area contributed by atoms with Crippen molar-refractivity contribution in [3.05, 3.63) is 23.8 Å². The first-order chi connectivity index (χ1) is 8.70. The van der Waals surface area contributed by atoms with Gasteiger partial charge in [0, 0.05) is 24.6 Å². The molecule has 0 saturated heterocycles. The summed E-state index contributed by atoms with van der Waals surface area (Å²) >= 11 is 0. The summed E-state index contributed by atoms with van der Waals surface area (Å²) in [5.74, 6) is 1.41. The van der Waals surface area contributed by atoms with Crippen molar-refractivity contribution in [3.8, 4) is 11.5 Å². The van der Waals surface area contributed by atoms with Gasteiger partial charge in [0.25, 0.3) is 0 Å². The molecule has 5 nitrogen and oxygen atoms in total. The summed E-state index contributed by atoms with van der Waals surface area (Å²) in [4.78, 5) is 11.6. The first kappa shape index (κ1) is 12.7. The van der Waals surface area contributed by atoms with Gasteiger partial charge in [-0.25, -0.2) is 0 Å². The van der Waals surface area contributed by atoms with Gasteiger partial charge in [0.2, 0.25) is 12.7 Å². The van der Waals surface area contributed by atoms with Gasteiger partial charge < -0.3 is 20.5 Å². The van der Waals surface area contributed by atoms with Gasteiger partial charge in [-0.2, -0.15) is 0 Å². The highest BCUT2D eigenvalue weighted by molar-refractivity contribution is 5.76. The number of hydrogen-bond donors (Lipinski definition) is 2. The highest BCUT2D eigenvalue weighted by Gasteiger charge is 2.17. The SMILES string of the molecule is CCC(N)CC(=O)NCc1cccc2c1OCO2. The van der Waals surface area contributed by atoms with Crippen LogP contribution in [-0.2, 0) is 11.3 Å². The minimum absolute atomic E-state index is 0.0409. The lowest BCUT2D eigenvalue weighted by Crippen LogP contribution is -2.30. The van der Waals surface area contributed by atoms with Gasteiger partial charge in [-0.1, -0.05) is 19.1 Å². The van der Waals surface area contributed by atoms with Crippen LogP contribution in [-0.4, -0.2) is 18.7 Å². The van der Waals surface area contributed by atoms with Crippen molar-refractivity contribution in [1.82, 2.24) is 5.32 Å². The Morgan fingerprint density at radius 3 is 3.11 bits per heavy atom. The van der Waals surface area contributed by atoms with Gasteiger partial charge in [0.1, 0.15) is 0 Å². The zero-order valence-corrected chi connectivity index (χ0v) is 10.4. The Bertz CT molecular complexity index is 434. The van der Waals surface area contributed by atoms with Crippen molar-refractivity contribution in [2.45, 2.75) is 32.4 Å². The van der Waals surface area contributed by atoms with Crippen molar-refractivity contribution in [2.24, 2.45) is 5.73 Å². The molecule has 1 aromatic rings. The Labute approximate surface area is 106 Å². The summed E-state index contributed by atoms with van der Waals surface area (Å²) in [5.41, 5.74) is 6.65. The fraction of sp³-hybridized carbons (Fsp3) is 0.462. The van der Waals surface area contributed by atoms with Crippen LogP contribution in [0.15, 0.2) is 18.2 Å². The molecule has 1 aliphatic rings. The topological polar surface area (TPSA) is 73.6 Å². The summed E-state index contributed by atoms with van der Waals surface area (Å²) in [6.07, 6.45) is 1.15. The number of nitrogens with two attached hydrogens (primary N) is 1. The molecule has 1 heterocycles. The molecule has 1 amide bonds. The number of benzene rings is 1. The van der Waals surface area contributed by atoms with Gasteiger partial charge in [-0.05, 0) is 12.5 Å². The van der Waals surface area contributed by atoms with E-state index in [1.807, 2.05) is 25.1 Å². The third-order valence-corrected chi connectivity index (χ3v) is 2.93. The minimum Gasteiger partial charge on any atom is -0.454 e. The third kappa shape index (κ3) is 2.92. The van der Waals surface area contributed by atoms with Crippen LogP contribution in [0.2, 0.25) is 0 Å². The van der Waals surface area contributed by atoms with E-state index in [2.05, 4.69) is 5.32 Å². The third-order valence-electron chi connectivity index (χ3n) is 2.93. The van der Waals surface area contributed by atoms with E-state index in [1.165, 1.54) is 0 Å². The molecular formula is C13H18N2O3. The van der Waals surface area contributed by atoms with Crippen LogP contribution >= 0.6 is 0 Å². The molecule has 1 aliphatic heterocycles. The highest BCUT2D eigenvalue weighted by atomic mass is 16.7. The average molecular weight is 250 g/mol. The fourth-order valence-corrected chi connectivity index (χ4v) is 1.78. The van der Waals surface area contributed by atoms with E-state index in [0.717, 1.165) is 23.5 Å². The van der Waals surface area contributed by atoms with E-state index in [0.29, 0.717) is 13.0 Å². The van der Waals surface area contributed by atoms with Gasteiger partial charge >= 0.3 is 0 Å². The molecule has 0 fully saturated rings. The molecule has 1 atom stereocenters. The first-order valence-corrected chi connectivity index (χ1v) is 6.10. The monoisotopic (exact) mass is 250 g/mol. The second kappa shape index (κ2) is 5.73. The number of hydrogen-bond acceptors (Lipinski definition) is 4. The fourth-order valence-electron chi connectivity index (χ4n) is 1.78. The number of carbonyl (C=O) groups excluding carboxylic acids is 1. The average Bonchev–Trinajstić information content (AvgIpc) is 2.84. The minimum atomic E-state index is -0.0777. The Hall–Kier alpha value is -1.75. The molecule has 0 bridgehead atoms. The highest BCUT2D eigenvalue weighted by Crippen LogP contribution is 2.35. The van der Waals surface area contributed by atoms with E-state index in [1.54, 1.807) is 0 Å². The number of nitrogens with one attached hydrogen (secondary N) is 1. The van der Waals surface area contributed by atoms with Crippen LogP contribution < -0.4 is 20.5 Å². The molecule has 1 aromatic carbocycles. The van der Waals surface area contributed by atoms with Crippen LogP contribution in [0.1, 0.15) is 25.3 Å². The van der Waals surface area contributed by atoms with Crippen molar-refractivity contribution in [3.63, 3.8) is 0 Å². The molecule has 5 heteroatoms. The number of ether oxygens (including phenoxy) is 2. The second-order valence-electron chi connectivity index (χ2n) is 4.30. The summed E-state index contributed by atoms with van der Waals surface area (Å²) in [6, 6.07) is 5.56.